The molecule has 1 heterocycles. The van der Waals surface area contributed by atoms with Gasteiger partial charge in [-0.1, -0.05) is 51.8 Å². The van der Waals surface area contributed by atoms with Gasteiger partial charge in [0.2, 0.25) is 0 Å². The van der Waals surface area contributed by atoms with E-state index in [0.717, 1.165) is 34.5 Å². The Morgan fingerprint density at radius 1 is 1.17 bits per heavy atom. The fraction of sp³-hybridized carbons (Fsp3) is 0.438. The van der Waals surface area contributed by atoms with Crippen LogP contribution < -0.4 is 0 Å². The first-order valence-electron chi connectivity index (χ1n) is 6.51. The van der Waals surface area contributed by atoms with E-state index in [1.807, 2.05) is 6.07 Å². The van der Waals surface area contributed by atoms with Gasteiger partial charge in [0.15, 0.2) is 0 Å². The second-order valence-corrected chi connectivity index (χ2v) is 6.23. The molecule has 0 radical (unpaired) electrons. The molecule has 2 heteroatoms. The Morgan fingerprint density at radius 2 is 1.89 bits per heavy atom. The van der Waals surface area contributed by atoms with Gasteiger partial charge in [-0.15, -0.1) is 0 Å². The summed E-state index contributed by atoms with van der Waals surface area (Å²) in [5, 5.41) is 1.87. The number of aryl methyl sites for hydroxylation is 1. The van der Waals surface area contributed by atoms with Crippen molar-refractivity contribution in [1.82, 2.24) is 4.98 Å². The van der Waals surface area contributed by atoms with E-state index in [1.165, 1.54) is 5.56 Å². The van der Waals surface area contributed by atoms with Gasteiger partial charge in [-0.2, -0.15) is 0 Å². The molecule has 96 valence electrons. The molecule has 1 nitrogen and oxygen atoms in total. The zero-order valence-corrected chi connectivity index (χ0v) is 12.3. The molecule has 18 heavy (non-hydrogen) atoms. The molecule has 0 bridgehead atoms. The molecule has 0 atom stereocenters. The topological polar surface area (TPSA) is 12.9 Å². The van der Waals surface area contributed by atoms with Crippen LogP contribution in [0.1, 0.15) is 45.4 Å². The fourth-order valence-corrected chi connectivity index (χ4v) is 2.36. The van der Waals surface area contributed by atoms with Crippen LogP contribution in [0.4, 0.5) is 0 Å². The number of halogens is 1. The lowest BCUT2D eigenvalue weighted by molar-refractivity contribution is 0.591. The minimum absolute atomic E-state index is 0.139. The quantitative estimate of drug-likeness (QED) is 0.730. The molecule has 0 fully saturated rings. The molecule has 0 aliphatic rings. The van der Waals surface area contributed by atoms with Gasteiger partial charge in [-0.05, 0) is 35.6 Å². The molecule has 0 saturated carbocycles. The SMILES string of the molecule is CCCc1cc(Cl)c2cc(C(C)(C)C)ccc2n1. The smallest absolute Gasteiger partial charge is 0.0720 e. The van der Waals surface area contributed by atoms with Gasteiger partial charge in [0.25, 0.3) is 0 Å². The first kappa shape index (κ1) is 13.4. The van der Waals surface area contributed by atoms with Crippen molar-refractivity contribution >= 4 is 22.5 Å². The minimum atomic E-state index is 0.139. The van der Waals surface area contributed by atoms with Crippen molar-refractivity contribution in [3.63, 3.8) is 0 Å². The fourth-order valence-electron chi connectivity index (χ4n) is 2.09. The number of pyridine rings is 1. The van der Waals surface area contributed by atoms with Gasteiger partial charge in [0, 0.05) is 11.1 Å². The number of benzene rings is 1. The van der Waals surface area contributed by atoms with E-state index in [-0.39, 0.29) is 5.41 Å². The second-order valence-electron chi connectivity index (χ2n) is 5.83. The lowest BCUT2D eigenvalue weighted by Gasteiger charge is -2.19. The van der Waals surface area contributed by atoms with E-state index in [0.29, 0.717) is 0 Å². The van der Waals surface area contributed by atoms with Gasteiger partial charge in [0.05, 0.1) is 10.5 Å². The largest absolute Gasteiger partial charge is 0.253 e. The number of fused-ring (bicyclic) bond motifs is 1. The number of nitrogens with zero attached hydrogens (tertiary/aromatic N) is 1. The molecule has 0 spiro atoms. The average molecular weight is 262 g/mol. The van der Waals surface area contributed by atoms with Gasteiger partial charge in [0.1, 0.15) is 0 Å². The Balaban J connectivity index is 2.58. The summed E-state index contributed by atoms with van der Waals surface area (Å²) in [7, 11) is 0. The highest BCUT2D eigenvalue weighted by Gasteiger charge is 2.15. The van der Waals surface area contributed by atoms with Crippen molar-refractivity contribution in [3.8, 4) is 0 Å². The van der Waals surface area contributed by atoms with Gasteiger partial charge < -0.3 is 0 Å². The molecule has 1 aromatic carbocycles. The van der Waals surface area contributed by atoms with Crippen molar-refractivity contribution in [2.75, 3.05) is 0 Å². The van der Waals surface area contributed by atoms with Gasteiger partial charge >= 0.3 is 0 Å². The highest BCUT2D eigenvalue weighted by Crippen LogP contribution is 2.29. The first-order valence-corrected chi connectivity index (χ1v) is 6.89. The van der Waals surface area contributed by atoms with Crippen molar-refractivity contribution in [3.05, 3.63) is 40.5 Å². The Hall–Kier alpha value is -1.08. The van der Waals surface area contributed by atoms with Gasteiger partial charge in [-0.25, -0.2) is 0 Å². The first-order chi connectivity index (χ1) is 8.41. The lowest BCUT2D eigenvalue weighted by Crippen LogP contribution is -2.10. The highest BCUT2D eigenvalue weighted by atomic mass is 35.5. The van der Waals surface area contributed by atoms with Crippen LogP contribution in [0.3, 0.4) is 0 Å². The van der Waals surface area contributed by atoms with E-state index < -0.39 is 0 Å². The summed E-state index contributed by atoms with van der Waals surface area (Å²) >= 11 is 6.38. The summed E-state index contributed by atoms with van der Waals surface area (Å²) < 4.78 is 0. The zero-order chi connectivity index (χ0) is 13.3. The summed E-state index contributed by atoms with van der Waals surface area (Å²) in [5.74, 6) is 0. The van der Waals surface area contributed by atoms with E-state index in [4.69, 9.17) is 11.6 Å². The van der Waals surface area contributed by atoms with Crippen LogP contribution in [0, 0.1) is 0 Å². The summed E-state index contributed by atoms with van der Waals surface area (Å²) in [6.07, 6.45) is 2.07. The molecule has 0 aliphatic carbocycles. The molecule has 0 unspecified atom stereocenters. The van der Waals surface area contributed by atoms with E-state index >= 15 is 0 Å². The van der Waals surface area contributed by atoms with Crippen LogP contribution in [-0.4, -0.2) is 4.98 Å². The van der Waals surface area contributed by atoms with Crippen molar-refractivity contribution in [1.29, 1.82) is 0 Å². The van der Waals surface area contributed by atoms with Gasteiger partial charge in [-0.3, -0.25) is 4.98 Å². The summed E-state index contributed by atoms with van der Waals surface area (Å²) in [5.41, 5.74) is 3.51. The number of rotatable bonds is 2. The molecule has 1 aromatic heterocycles. The highest BCUT2D eigenvalue weighted by molar-refractivity contribution is 6.35. The van der Waals surface area contributed by atoms with E-state index in [9.17, 15) is 0 Å². The predicted octanol–water partition coefficient (Wildman–Crippen LogP) is 5.14. The van der Waals surface area contributed by atoms with E-state index in [2.05, 4.69) is 50.9 Å². The summed E-state index contributed by atoms with van der Waals surface area (Å²) in [6, 6.07) is 8.41. The normalized spacial score (nSPS) is 12.1. The third-order valence-electron chi connectivity index (χ3n) is 3.18. The molecule has 0 amide bonds. The molecule has 2 rings (SSSR count). The predicted molar refractivity (Wildman–Crippen MR) is 79.4 cm³/mol. The molecular weight excluding hydrogens is 242 g/mol. The third kappa shape index (κ3) is 2.67. The average Bonchev–Trinajstić information content (AvgIpc) is 2.27. The Morgan fingerprint density at radius 3 is 2.50 bits per heavy atom. The zero-order valence-electron chi connectivity index (χ0n) is 11.5. The van der Waals surface area contributed by atoms with Crippen LogP contribution in [-0.2, 0) is 11.8 Å². The Bertz CT molecular complexity index is 567. The van der Waals surface area contributed by atoms with Crippen LogP contribution in [0.2, 0.25) is 5.02 Å². The lowest BCUT2D eigenvalue weighted by atomic mass is 9.86. The van der Waals surface area contributed by atoms with Crippen LogP contribution in [0.25, 0.3) is 10.9 Å². The third-order valence-corrected chi connectivity index (χ3v) is 3.50. The van der Waals surface area contributed by atoms with Crippen LogP contribution in [0.15, 0.2) is 24.3 Å². The van der Waals surface area contributed by atoms with Crippen molar-refractivity contribution in [2.24, 2.45) is 0 Å². The van der Waals surface area contributed by atoms with Crippen LogP contribution >= 0.6 is 11.6 Å². The number of hydrogen-bond acceptors (Lipinski definition) is 1. The van der Waals surface area contributed by atoms with Crippen molar-refractivity contribution in [2.45, 2.75) is 46.0 Å². The number of hydrogen-bond donors (Lipinski definition) is 0. The Labute approximate surface area is 114 Å². The molecule has 2 aromatic rings. The maximum Gasteiger partial charge on any atom is 0.0720 e. The maximum absolute atomic E-state index is 6.38. The van der Waals surface area contributed by atoms with Crippen molar-refractivity contribution < 1.29 is 0 Å². The molecular formula is C16H20ClN. The second kappa shape index (κ2) is 4.89. The minimum Gasteiger partial charge on any atom is -0.253 e. The monoisotopic (exact) mass is 261 g/mol. The maximum atomic E-state index is 6.38. The van der Waals surface area contributed by atoms with Crippen LogP contribution in [0.5, 0.6) is 0 Å². The van der Waals surface area contributed by atoms with E-state index in [1.54, 1.807) is 0 Å². The number of aromatic nitrogens is 1. The summed E-state index contributed by atoms with van der Waals surface area (Å²) in [6.45, 7) is 8.78. The molecule has 0 aliphatic heterocycles. The molecule has 0 saturated heterocycles. The molecule has 0 N–H and O–H groups in total. The standard InChI is InChI=1S/C16H20ClN/c1-5-6-12-10-14(17)13-9-11(16(2,3)4)7-8-15(13)18-12/h7-10H,5-6H2,1-4H3. The Kier molecular flexibility index (Phi) is 3.63. The summed E-state index contributed by atoms with van der Waals surface area (Å²) in [4.78, 5) is 4.66.